The Morgan fingerprint density at radius 1 is 1.38 bits per heavy atom. The molecule has 0 heterocycles. The van der Waals surface area contributed by atoms with Crippen LogP contribution >= 0.6 is 0 Å². The number of benzene rings is 1. The molecule has 0 spiro atoms. The van der Waals surface area contributed by atoms with Crippen LogP contribution in [-0.4, -0.2) is 22.1 Å². The fourth-order valence-electron chi connectivity index (χ4n) is 1.13. The predicted molar refractivity (Wildman–Crippen MR) is 63.0 cm³/mol. The smallest absolute Gasteiger partial charge is 0.240 e. The second-order valence-electron chi connectivity index (χ2n) is 3.15. The van der Waals surface area contributed by atoms with Gasteiger partial charge in [0.25, 0.3) is 0 Å². The SMILES string of the molecule is C=CCCNS(=O)(=O)c1ccc(OC)cc1. The standard InChI is InChI=1S/C11H15NO3S/c1-3-4-9-12-16(13,14)11-7-5-10(15-2)6-8-11/h3,5-8,12H,1,4,9H2,2H3. The molecule has 0 saturated carbocycles. The van der Waals surface area contributed by atoms with Gasteiger partial charge in [-0.1, -0.05) is 6.08 Å². The van der Waals surface area contributed by atoms with Crippen molar-refractivity contribution >= 4 is 10.0 Å². The van der Waals surface area contributed by atoms with Crippen molar-refractivity contribution in [3.8, 4) is 5.75 Å². The first-order valence-corrected chi connectivity index (χ1v) is 6.33. The Bertz CT molecular complexity index is 437. The molecule has 0 radical (unpaired) electrons. The molecule has 1 aromatic carbocycles. The topological polar surface area (TPSA) is 55.4 Å². The van der Waals surface area contributed by atoms with Crippen molar-refractivity contribution in [3.63, 3.8) is 0 Å². The van der Waals surface area contributed by atoms with Crippen molar-refractivity contribution in [2.45, 2.75) is 11.3 Å². The Morgan fingerprint density at radius 2 is 2.00 bits per heavy atom. The highest BCUT2D eigenvalue weighted by atomic mass is 32.2. The second kappa shape index (κ2) is 5.67. The Balaban J connectivity index is 2.77. The van der Waals surface area contributed by atoms with Crippen molar-refractivity contribution in [2.75, 3.05) is 13.7 Å². The van der Waals surface area contributed by atoms with Gasteiger partial charge < -0.3 is 4.74 Å². The average molecular weight is 241 g/mol. The molecule has 0 amide bonds. The van der Waals surface area contributed by atoms with E-state index in [-0.39, 0.29) is 4.90 Å². The third kappa shape index (κ3) is 3.36. The minimum atomic E-state index is -3.41. The summed E-state index contributed by atoms with van der Waals surface area (Å²) in [4.78, 5) is 0.234. The van der Waals surface area contributed by atoms with Crippen LogP contribution in [0.3, 0.4) is 0 Å². The maximum absolute atomic E-state index is 11.7. The zero-order valence-electron chi connectivity index (χ0n) is 9.14. The maximum Gasteiger partial charge on any atom is 0.240 e. The van der Waals surface area contributed by atoms with Crippen molar-refractivity contribution in [2.24, 2.45) is 0 Å². The van der Waals surface area contributed by atoms with E-state index in [2.05, 4.69) is 11.3 Å². The lowest BCUT2D eigenvalue weighted by molar-refractivity contribution is 0.414. The van der Waals surface area contributed by atoms with Gasteiger partial charge in [-0.3, -0.25) is 0 Å². The van der Waals surface area contributed by atoms with Gasteiger partial charge in [0.15, 0.2) is 0 Å². The number of sulfonamides is 1. The molecule has 0 aliphatic heterocycles. The van der Waals surface area contributed by atoms with Gasteiger partial charge in [-0.2, -0.15) is 0 Å². The summed E-state index contributed by atoms with van der Waals surface area (Å²) in [5.74, 6) is 0.630. The van der Waals surface area contributed by atoms with E-state index >= 15 is 0 Å². The summed E-state index contributed by atoms with van der Waals surface area (Å²) in [5.41, 5.74) is 0. The predicted octanol–water partition coefficient (Wildman–Crippen LogP) is 1.55. The summed E-state index contributed by atoms with van der Waals surface area (Å²) in [6.45, 7) is 3.88. The van der Waals surface area contributed by atoms with Crippen molar-refractivity contribution < 1.29 is 13.2 Å². The Hall–Kier alpha value is -1.33. The molecule has 0 aliphatic rings. The second-order valence-corrected chi connectivity index (χ2v) is 4.92. The van der Waals surface area contributed by atoms with Crippen LogP contribution in [0.1, 0.15) is 6.42 Å². The molecule has 0 atom stereocenters. The zero-order chi connectivity index (χ0) is 12.0. The maximum atomic E-state index is 11.7. The molecule has 0 saturated heterocycles. The lowest BCUT2D eigenvalue weighted by atomic mass is 10.3. The molecule has 1 N–H and O–H groups in total. The number of hydrogen-bond acceptors (Lipinski definition) is 3. The zero-order valence-corrected chi connectivity index (χ0v) is 9.96. The third-order valence-corrected chi connectivity index (χ3v) is 3.49. The van der Waals surface area contributed by atoms with Crippen LogP contribution in [0.4, 0.5) is 0 Å². The summed E-state index contributed by atoms with van der Waals surface area (Å²) in [5, 5.41) is 0. The summed E-state index contributed by atoms with van der Waals surface area (Å²) in [7, 11) is -1.88. The van der Waals surface area contributed by atoms with Crippen molar-refractivity contribution in [1.82, 2.24) is 4.72 Å². The van der Waals surface area contributed by atoms with Gasteiger partial charge in [-0.05, 0) is 30.7 Å². The average Bonchev–Trinajstić information content (AvgIpc) is 2.29. The number of hydrogen-bond donors (Lipinski definition) is 1. The molecule has 5 heteroatoms. The molecule has 88 valence electrons. The third-order valence-electron chi connectivity index (χ3n) is 2.01. The minimum absolute atomic E-state index is 0.234. The summed E-state index contributed by atoms with van der Waals surface area (Å²) in [6, 6.07) is 6.24. The van der Waals surface area contributed by atoms with Crippen LogP contribution < -0.4 is 9.46 Å². The van der Waals surface area contributed by atoms with E-state index in [0.29, 0.717) is 18.7 Å². The first-order valence-electron chi connectivity index (χ1n) is 4.85. The van der Waals surface area contributed by atoms with Gasteiger partial charge in [0.1, 0.15) is 5.75 Å². The Kier molecular flexibility index (Phi) is 4.52. The highest BCUT2D eigenvalue weighted by molar-refractivity contribution is 7.89. The molecule has 16 heavy (non-hydrogen) atoms. The van der Waals surface area contributed by atoms with Gasteiger partial charge in [-0.25, -0.2) is 13.1 Å². The number of ether oxygens (including phenoxy) is 1. The summed E-state index contributed by atoms with van der Waals surface area (Å²) < 4.78 is 30.9. The van der Waals surface area contributed by atoms with Crippen LogP contribution in [0, 0.1) is 0 Å². The van der Waals surface area contributed by atoms with E-state index in [1.54, 1.807) is 18.2 Å². The number of rotatable bonds is 6. The Morgan fingerprint density at radius 3 is 2.50 bits per heavy atom. The lowest BCUT2D eigenvalue weighted by Crippen LogP contribution is -2.24. The van der Waals surface area contributed by atoms with Crippen molar-refractivity contribution in [3.05, 3.63) is 36.9 Å². The van der Waals surface area contributed by atoms with E-state index in [9.17, 15) is 8.42 Å². The van der Waals surface area contributed by atoms with Crippen LogP contribution in [0.2, 0.25) is 0 Å². The van der Waals surface area contributed by atoms with Gasteiger partial charge in [-0.15, -0.1) is 6.58 Å². The summed E-state index contributed by atoms with van der Waals surface area (Å²) >= 11 is 0. The van der Waals surface area contributed by atoms with E-state index < -0.39 is 10.0 Å². The molecule has 0 aromatic heterocycles. The van der Waals surface area contributed by atoms with Crippen LogP contribution in [-0.2, 0) is 10.0 Å². The molecular weight excluding hydrogens is 226 g/mol. The summed E-state index contributed by atoms with van der Waals surface area (Å²) in [6.07, 6.45) is 2.27. The number of nitrogens with one attached hydrogen (secondary N) is 1. The molecule has 4 nitrogen and oxygen atoms in total. The molecule has 0 aliphatic carbocycles. The van der Waals surface area contributed by atoms with E-state index in [4.69, 9.17) is 4.74 Å². The molecular formula is C11H15NO3S. The first-order chi connectivity index (χ1) is 7.60. The molecule has 0 fully saturated rings. The highest BCUT2D eigenvalue weighted by Gasteiger charge is 2.12. The fourth-order valence-corrected chi connectivity index (χ4v) is 2.18. The normalized spacial score (nSPS) is 11.1. The van der Waals surface area contributed by atoms with E-state index in [0.717, 1.165) is 0 Å². The monoisotopic (exact) mass is 241 g/mol. The largest absolute Gasteiger partial charge is 0.497 e. The molecule has 0 unspecified atom stereocenters. The first kappa shape index (κ1) is 12.7. The fraction of sp³-hybridized carbons (Fsp3) is 0.273. The van der Waals surface area contributed by atoms with Gasteiger partial charge in [0.2, 0.25) is 10.0 Å². The van der Waals surface area contributed by atoms with E-state index in [1.807, 2.05) is 0 Å². The van der Waals surface area contributed by atoms with Crippen LogP contribution in [0.15, 0.2) is 41.8 Å². The molecule has 1 aromatic rings. The van der Waals surface area contributed by atoms with Gasteiger partial charge in [0.05, 0.1) is 12.0 Å². The van der Waals surface area contributed by atoms with Crippen LogP contribution in [0.25, 0.3) is 0 Å². The highest BCUT2D eigenvalue weighted by Crippen LogP contribution is 2.15. The quantitative estimate of drug-likeness (QED) is 0.607. The molecule has 1 rings (SSSR count). The van der Waals surface area contributed by atoms with Gasteiger partial charge in [0, 0.05) is 6.54 Å². The minimum Gasteiger partial charge on any atom is -0.497 e. The van der Waals surface area contributed by atoms with Crippen molar-refractivity contribution in [1.29, 1.82) is 0 Å². The Labute approximate surface area is 96.0 Å². The van der Waals surface area contributed by atoms with E-state index in [1.165, 1.54) is 19.2 Å². The van der Waals surface area contributed by atoms with Gasteiger partial charge >= 0.3 is 0 Å². The molecule has 0 bridgehead atoms. The van der Waals surface area contributed by atoms with Crippen LogP contribution in [0.5, 0.6) is 5.75 Å². The lowest BCUT2D eigenvalue weighted by Gasteiger charge is -2.06. The number of methoxy groups -OCH3 is 1.